The van der Waals surface area contributed by atoms with Crippen molar-refractivity contribution in [2.75, 3.05) is 6.26 Å². The van der Waals surface area contributed by atoms with Crippen LogP contribution in [0, 0.1) is 6.92 Å². The lowest BCUT2D eigenvalue weighted by atomic mass is 10.1. The number of hydrogen-bond donors (Lipinski definition) is 0. The summed E-state index contributed by atoms with van der Waals surface area (Å²) in [4.78, 5) is 26.2. The smallest absolute Gasteiger partial charge is 0.268 e. The number of thiazole rings is 1. The van der Waals surface area contributed by atoms with E-state index < -0.39 is 0 Å². The molecule has 0 aliphatic carbocycles. The molecule has 5 heteroatoms. The predicted octanol–water partition coefficient (Wildman–Crippen LogP) is 2.97. The van der Waals surface area contributed by atoms with Crippen LogP contribution in [0.2, 0.25) is 0 Å². The van der Waals surface area contributed by atoms with Crippen molar-refractivity contribution in [1.82, 2.24) is 4.57 Å². The Hall–Kier alpha value is -2.37. The molecule has 3 nitrogen and oxygen atoms in total. The van der Waals surface area contributed by atoms with Gasteiger partial charge in [0.25, 0.3) is 5.56 Å². The third kappa shape index (κ3) is 3.89. The summed E-state index contributed by atoms with van der Waals surface area (Å²) in [6.07, 6.45) is 5.44. The van der Waals surface area contributed by atoms with Crippen LogP contribution in [0.1, 0.15) is 21.5 Å². The Kier molecular flexibility index (Phi) is 5.59. The van der Waals surface area contributed by atoms with E-state index in [0.29, 0.717) is 14.8 Å². The molecular formula is C21H19NO2S2. The quantitative estimate of drug-likeness (QED) is 0.515. The molecule has 3 aromatic rings. The van der Waals surface area contributed by atoms with Gasteiger partial charge in [-0.2, -0.15) is 0 Å². The highest BCUT2D eigenvalue weighted by atomic mass is 32.2. The first-order valence-electron chi connectivity index (χ1n) is 8.13. The Balaban J connectivity index is 2.04. The second-order valence-corrected chi connectivity index (χ2v) is 7.85. The molecule has 132 valence electrons. The highest BCUT2D eigenvalue weighted by molar-refractivity contribution is 7.98. The second-order valence-electron chi connectivity index (χ2n) is 5.91. The van der Waals surface area contributed by atoms with Crippen LogP contribution in [-0.2, 0) is 7.05 Å². The number of Topliss-reactive ketones (excluding diaryl/α,β-unsaturated/α-hetero) is 1. The van der Waals surface area contributed by atoms with Gasteiger partial charge in [0.1, 0.15) is 4.66 Å². The molecule has 0 saturated carbocycles. The molecule has 26 heavy (non-hydrogen) atoms. The van der Waals surface area contributed by atoms with Crippen molar-refractivity contribution in [1.29, 1.82) is 0 Å². The molecule has 0 aliphatic rings. The van der Waals surface area contributed by atoms with Crippen LogP contribution in [0.4, 0.5) is 0 Å². The maximum atomic E-state index is 12.6. The molecule has 0 atom stereocenters. The summed E-state index contributed by atoms with van der Waals surface area (Å²) in [7, 11) is 1.70. The SMILES string of the molecule is CSc1ccc(C=c2sc(=CC(=O)c3ccccc3C)n(C)c2=O)cc1. The normalized spacial score (nSPS) is 12.6. The highest BCUT2D eigenvalue weighted by Crippen LogP contribution is 2.15. The van der Waals surface area contributed by atoms with Gasteiger partial charge in [-0.15, -0.1) is 23.1 Å². The van der Waals surface area contributed by atoms with E-state index in [-0.39, 0.29) is 11.3 Å². The lowest BCUT2D eigenvalue weighted by molar-refractivity contribution is 0.106. The van der Waals surface area contributed by atoms with Gasteiger partial charge in [0.05, 0.1) is 4.53 Å². The van der Waals surface area contributed by atoms with Crippen LogP contribution in [-0.4, -0.2) is 16.6 Å². The summed E-state index contributed by atoms with van der Waals surface area (Å²) >= 11 is 3.01. The number of carbonyl (C=O) groups is 1. The molecule has 0 bridgehead atoms. The van der Waals surface area contributed by atoms with E-state index in [0.717, 1.165) is 11.1 Å². The first-order valence-corrected chi connectivity index (χ1v) is 10.2. The molecule has 3 rings (SSSR count). The monoisotopic (exact) mass is 381 g/mol. The molecule has 0 amide bonds. The summed E-state index contributed by atoms with van der Waals surface area (Å²) in [6.45, 7) is 1.91. The fraction of sp³-hybridized carbons (Fsp3) is 0.143. The number of nitrogens with zero attached hydrogens (tertiary/aromatic N) is 1. The lowest BCUT2D eigenvalue weighted by Crippen LogP contribution is -2.29. The highest BCUT2D eigenvalue weighted by Gasteiger charge is 2.07. The van der Waals surface area contributed by atoms with Gasteiger partial charge in [-0.05, 0) is 42.5 Å². The molecule has 0 fully saturated rings. The summed E-state index contributed by atoms with van der Waals surface area (Å²) in [6, 6.07) is 15.5. The van der Waals surface area contributed by atoms with Crippen molar-refractivity contribution in [3.8, 4) is 0 Å². The van der Waals surface area contributed by atoms with Crippen molar-refractivity contribution in [3.63, 3.8) is 0 Å². The molecule has 0 aliphatic heterocycles. The summed E-state index contributed by atoms with van der Waals surface area (Å²) in [5, 5.41) is 0. The van der Waals surface area contributed by atoms with E-state index in [1.54, 1.807) is 31.0 Å². The molecule has 0 saturated heterocycles. The third-order valence-corrected chi connectivity index (χ3v) is 6.00. The van der Waals surface area contributed by atoms with Crippen molar-refractivity contribution >= 4 is 41.0 Å². The summed E-state index contributed by atoms with van der Waals surface area (Å²) < 4.78 is 2.80. The maximum absolute atomic E-state index is 12.6. The molecule has 1 heterocycles. The Labute approximate surface area is 160 Å². The predicted molar refractivity (Wildman–Crippen MR) is 111 cm³/mol. The van der Waals surface area contributed by atoms with Crippen LogP contribution >= 0.6 is 23.1 Å². The number of aromatic nitrogens is 1. The number of ketones is 1. The number of carbonyl (C=O) groups excluding carboxylic acids is 1. The average Bonchev–Trinajstić information content (AvgIpc) is 2.90. The number of rotatable bonds is 4. The van der Waals surface area contributed by atoms with E-state index in [4.69, 9.17) is 0 Å². The largest absolute Gasteiger partial charge is 0.302 e. The first-order chi connectivity index (χ1) is 12.5. The lowest BCUT2D eigenvalue weighted by Gasteiger charge is -1.99. The van der Waals surface area contributed by atoms with Crippen molar-refractivity contribution in [2.45, 2.75) is 11.8 Å². The van der Waals surface area contributed by atoms with Gasteiger partial charge in [0.2, 0.25) is 0 Å². The molecular weight excluding hydrogens is 362 g/mol. The Morgan fingerprint density at radius 1 is 1.12 bits per heavy atom. The van der Waals surface area contributed by atoms with Gasteiger partial charge in [-0.25, -0.2) is 0 Å². The van der Waals surface area contributed by atoms with E-state index >= 15 is 0 Å². The van der Waals surface area contributed by atoms with Gasteiger partial charge in [-0.1, -0.05) is 36.4 Å². The van der Waals surface area contributed by atoms with Gasteiger partial charge in [0, 0.05) is 23.6 Å². The van der Waals surface area contributed by atoms with Gasteiger partial charge >= 0.3 is 0 Å². The number of hydrogen-bond acceptors (Lipinski definition) is 4. The van der Waals surface area contributed by atoms with Crippen molar-refractivity contribution in [3.05, 3.63) is 84.8 Å². The second kappa shape index (κ2) is 7.89. The van der Waals surface area contributed by atoms with Crippen LogP contribution in [0.25, 0.3) is 12.2 Å². The molecule has 0 radical (unpaired) electrons. The van der Waals surface area contributed by atoms with Crippen molar-refractivity contribution in [2.24, 2.45) is 7.05 Å². The maximum Gasteiger partial charge on any atom is 0.268 e. The molecule has 0 spiro atoms. The van der Waals surface area contributed by atoms with Crippen molar-refractivity contribution < 1.29 is 4.79 Å². The molecule has 0 N–H and O–H groups in total. The minimum absolute atomic E-state index is 0.0872. The minimum atomic E-state index is -0.0900. The van der Waals surface area contributed by atoms with E-state index in [9.17, 15) is 9.59 Å². The van der Waals surface area contributed by atoms with E-state index in [2.05, 4.69) is 0 Å². The summed E-state index contributed by atoms with van der Waals surface area (Å²) in [5.74, 6) is -0.0872. The fourth-order valence-electron chi connectivity index (χ4n) is 2.60. The average molecular weight is 382 g/mol. The molecule has 1 aromatic heterocycles. The van der Waals surface area contributed by atoms with Crippen LogP contribution in [0.3, 0.4) is 0 Å². The Morgan fingerprint density at radius 2 is 1.81 bits per heavy atom. The van der Waals surface area contributed by atoms with E-state index in [1.807, 2.05) is 61.7 Å². The topological polar surface area (TPSA) is 39.1 Å². The van der Waals surface area contributed by atoms with Gasteiger partial charge in [-0.3, -0.25) is 9.59 Å². The third-order valence-electron chi connectivity index (χ3n) is 4.14. The van der Waals surface area contributed by atoms with Gasteiger partial charge in [0.15, 0.2) is 5.78 Å². The minimum Gasteiger partial charge on any atom is -0.302 e. The Bertz CT molecular complexity index is 1120. The fourth-order valence-corrected chi connectivity index (χ4v) is 4.04. The number of thioether (sulfide) groups is 1. The van der Waals surface area contributed by atoms with Crippen LogP contribution in [0.5, 0.6) is 0 Å². The van der Waals surface area contributed by atoms with E-state index in [1.165, 1.54) is 20.8 Å². The zero-order valence-corrected chi connectivity index (χ0v) is 16.5. The first kappa shape index (κ1) is 18.4. The molecule has 0 unspecified atom stereocenters. The van der Waals surface area contributed by atoms with Gasteiger partial charge < -0.3 is 4.57 Å². The summed E-state index contributed by atoms with van der Waals surface area (Å²) in [5.41, 5.74) is 2.47. The molecule has 2 aromatic carbocycles. The number of benzene rings is 2. The van der Waals surface area contributed by atoms with Crippen LogP contribution in [0.15, 0.2) is 58.2 Å². The number of aryl methyl sites for hydroxylation is 1. The zero-order chi connectivity index (χ0) is 18.7. The zero-order valence-electron chi connectivity index (χ0n) is 14.9. The van der Waals surface area contributed by atoms with Crippen LogP contribution < -0.4 is 14.8 Å². The Morgan fingerprint density at radius 3 is 2.46 bits per heavy atom. The standard InChI is InChI=1S/C21H19NO2S2/c1-14-6-4-5-7-17(14)18(23)13-20-22(2)21(24)19(26-20)12-15-8-10-16(25-3)11-9-15/h4-13H,1-3H3.